The van der Waals surface area contributed by atoms with Crippen LogP contribution in [0, 0.1) is 5.92 Å². The first-order valence-electron chi connectivity index (χ1n) is 9.49. The van der Waals surface area contributed by atoms with Gasteiger partial charge >= 0.3 is 5.97 Å². The second-order valence-corrected chi connectivity index (χ2v) is 6.81. The normalized spacial score (nSPS) is 26.5. The molecule has 1 aliphatic rings. The summed E-state index contributed by atoms with van der Waals surface area (Å²) in [6.07, 6.45) is 10.9. The third kappa shape index (κ3) is 8.10. The number of allylic oxidation sites excluding steroid dienone is 5. The Kier molecular flexibility index (Phi) is 10.7. The molecule has 1 amide bonds. The van der Waals surface area contributed by atoms with Gasteiger partial charge in [-0.25, -0.2) is 0 Å². The van der Waals surface area contributed by atoms with E-state index in [-0.39, 0.29) is 24.5 Å². The summed E-state index contributed by atoms with van der Waals surface area (Å²) in [5.74, 6) is -0.701. The van der Waals surface area contributed by atoms with Crippen LogP contribution in [0.25, 0.3) is 0 Å². The summed E-state index contributed by atoms with van der Waals surface area (Å²) in [6.45, 7) is 7.79. The standard InChI is InChI=1S/C21H33NO5/c1-6-7-8-9-10-11-12-15(2)20-21(19(25-5)16(3)14-26-20)27-18(24)13-22-17(4)23/h8-12,16,19-21H,6-7,13-14H2,1-5H3,(H,22,23)/b9-8+,11-10+,15-12+. The number of ether oxygens (including phenoxy) is 3. The molecule has 4 atom stereocenters. The van der Waals surface area contributed by atoms with Crippen LogP contribution in [-0.4, -0.2) is 50.4 Å². The second-order valence-electron chi connectivity index (χ2n) is 6.81. The maximum absolute atomic E-state index is 12.1. The molecule has 1 N–H and O–H groups in total. The van der Waals surface area contributed by atoms with E-state index in [2.05, 4.69) is 18.3 Å². The van der Waals surface area contributed by atoms with E-state index in [4.69, 9.17) is 14.2 Å². The SMILES string of the molecule is CCC/C=C/C=C/C=C(\C)C1OCC(C)C(OC)C1OC(=O)CNC(C)=O. The van der Waals surface area contributed by atoms with Crippen LogP contribution in [-0.2, 0) is 23.8 Å². The Morgan fingerprint density at radius 2 is 1.93 bits per heavy atom. The topological polar surface area (TPSA) is 73.9 Å². The molecule has 0 aromatic heterocycles. The zero-order valence-corrected chi connectivity index (χ0v) is 17.1. The predicted octanol–water partition coefficient (Wildman–Crippen LogP) is 2.94. The van der Waals surface area contributed by atoms with Gasteiger partial charge < -0.3 is 19.5 Å². The lowest BCUT2D eigenvalue weighted by molar-refractivity contribution is -0.191. The Labute approximate surface area is 162 Å². The number of hydrogen-bond acceptors (Lipinski definition) is 5. The number of rotatable bonds is 9. The van der Waals surface area contributed by atoms with Crippen LogP contribution in [0.5, 0.6) is 0 Å². The monoisotopic (exact) mass is 379 g/mol. The zero-order chi connectivity index (χ0) is 20.2. The minimum atomic E-state index is -0.569. The van der Waals surface area contributed by atoms with Crippen molar-refractivity contribution in [3.8, 4) is 0 Å². The number of nitrogens with one attached hydrogen (secondary N) is 1. The molecule has 0 aliphatic carbocycles. The van der Waals surface area contributed by atoms with Crippen molar-refractivity contribution in [1.82, 2.24) is 5.32 Å². The molecule has 0 saturated carbocycles. The lowest BCUT2D eigenvalue weighted by Gasteiger charge is -2.40. The fourth-order valence-electron chi connectivity index (χ4n) is 2.92. The lowest BCUT2D eigenvalue weighted by atomic mass is 9.90. The number of carbonyl (C=O) groups excluding carboxylic acids is 2. The fraction of sp³-hybridized carbons (Fsp3) is 0.619. The van der Waals surface area contributed by atoms with Gasteiger partial charge in [-0.3, -0.25) is 9.59 Å². The van der Waals surface area contributed by atoms with Gasteiger partial charge in [0.05, 0.1) is 6.61 Å². The number of unbranched alkanes of at least 4 members (excludes halogenated alkanes) is 1. The molecule has 6 heteroatoms. The number of carbonyl (C=O) groups is 2. The third-order valence-corrected chi connectivity index (χ3v) is 4.36. The Morgan fingerprint density at radius 1 is 1.19 bits per heavy atom. The van der Waals surface area contributed by atoms with Gasteiger partial charge in [-0.05, 0) is 18.9 Å². The van der Waals surface area contributed by atoms with Crippen LogP contribution in [0.15, 0.2) is 36.0 Å². The van der Waals surface area contributed by atoms with E-state index in [1.54, 1.807) is 7.11 Å². The van der Waals surface area contributed by atoms with Crippen LogP contribution < -0.4 is 5.32 Å². The largest absolute Gasteiger partial charge is 0.455 e. The number of hydrogen-bond donors (Lipinski definition) is 1. The summed E-state index contributed by atoms with van der Waals surface area (Å²) in [6, 6.07) is 0. The first-order chi connectivity index (χ1) is 12.9. The van der Waals surface area contributed by atoms with E-state index in [1.165, 1.54) is 6.92 Å². The molecule has 1 fully saturated rings. The highest BCUT2D eigenvalue weighted by atomic mass is 16.6. The summed E-state index contributed by atoms with van der Waals surface area (Å²) < 4.78 is 17.2. The minimum Gasteiger partial charge on any atom is -0.455 e. The van der Waals surface area contributed by atoms with Crippen LogP contribution in [0.1, 0.15) is 40.5 Å². The number of methoxy groups -OCH3 is 1. The summed E-state index contributed by atoms with van der Waals surface area (Å²) in [5.41, 5.74) is 0.946. The average Bonchev–Trinajstić information content (AvgIpc) is 2.63. The van der Waals surface area contributed by atoms with Crippen molar-refractivity contribution in [2.24, 2.45) is 5.92 Å². The molecule has 1 heterocycles. The van der Waals surface area contributed by atoms with Gasteiger partial charge in [0.15, 0.2) is 6.10 Å². The van der Waals surface area contributed by atoms with E-state index < -0.39 is 18.2 Å². The minimum absolute atomic E-state index is 0.0881. The predicted molar refractivity (Wildman–Crippen MR) is 105 cm³/mol. The van der Waals surface area contributed by atoms with Crippen LogP contribution in [0.4, 0.5) is 0 Å². The van der Waals surface area contributed by atoms with Crippen molar-refractivity contribution >= 4 is 11.9 Å². The molecule has 0 aromatic rings. The van der Waals surface area contributed by atoms with E-state index in [1.807, 2.05) is 38.2 Å². The van der Waals surface area contributed by atoms with Crippen molar-refractivity contribution in [2.45, 2.75) is 58.8 Å². The highest BCUT2D eigenvalue weighted by Gasteiger charge is 2.42. The molecule has 0 radical (unpaired) electrons. The summed E-state index contributed by atoms with van der Waals surface area (Å²) in [4.78, 5) is 23.1. The number of esters is 1. The maximum Gasteiger partial charge on any atom is 0.325 e. The Bertz CT molecular complexity index is 567. The molecule has 1 saturated heterocycles. The van der Waals surface area contributed by atoms with Crippen molar-refractivity contribution in [3.05, 3.63) is 36.0 Å². The van der Waals surface area contributed by atoms with Gasteiger partial charge in [0, 0.05) is 20.0 Å². The molecule has 6 nitrogen and oxygen atoms in total. The first kappa shape index (κ1) is 23.1. The lowest BCUT2D eigenvalue weighted by Crippen LogP contribution is -2.53. The van der Waals surface area contributed by atoms with Gasteiger partial charge in [-0.15, -0.1) is 0 Å². The highest BCUT2D eigenvalue weighted by Crippen LogP contribution is 2.29. The van der Waals surface area contributed by atoms with Crippen molar-refractivity contribution in [1.29, 1.82) is 0 Å². The molecule has 27 heavy (non-hydrogen) atoms. The molecule has 4 unspecified atom stereocenters. The van der Waals surface area contributed by atoms with E-state index in [0.29, 0.717) is 6.61 Å². The van der Waals surface area contributed by atoms with Gasteiger partial charge in [0.1, 0.15) is 18.8 Å². The zero-order valence-electron chi connectivity index (χ0n) is 17.1. The van der Waals surface area contributed by atoms with Crippen LogP contribution >= 0.6 is 0 Å². The quantitative estimate of drug-likeness (QED) is 0.492. The molecule has 152 valence electrons. The number of amides is 1. The van der Waals surface area contributed by atoms with Crippen molar-refractivity contribution < 1.29 is 23.8 Å². The summed E-state index contributed by atoms with van der Waals surface area (Å²) >= 11 is 0. The molecule has 0 spiro atoms. The van der Waals surface area contributed by atoms with Crippen molar-refractivity contribution in [2.75, 3.05) is 20.3 Å². The molecule has 1 rings (SSSR count). The first-order valence-corrected chi connectivity index (χ1v) is 9.49. The summed E-state index contributed by atoms with van der Waals surface area (Å²) in [5, 5.41) is 2.45. The summed E-state index contributed by atoms with van der Waals surface area (Å²) in [7, 11) is 1.61. The van der Waals surface area contributed by atoms with Crippen LogP contribution in [0.3, 0.4) is 0 Å². The fourth-order valence-corrected chi connectivity index (χ4v) is 2.92. The van der Waals surface area contributed by atoms with Crippen LogP contribution in [0.2, 0.25) is 0 Å². The molecule has 0 aromatic carbocycles. The van der Waals surface area contributed by atoms with Gasteiger partial charge in [-0.1, -0.05) is 50.6 Å². The van der Waals surface area contributed by atoms with Gasteiger partial charge in [0.2, 0.25) is 5.91 Å². The van der Waals surface area contributed by atoms with E-state index in [0.717, 1.165) is 18.4 Å². The van der Waals surface area contributed by atoms with Gasteiger partial charge in [-0.2, -0.15) is 0 Å². The van der Waals surface area contributed by atoms with E-state index >= 15 is 0 Å². The average molecular weight is 379 g/mol. The Hall–Kier alpha value is -1.92. The van der Waals surface area contributed by atoms with Crippen molar-refractivity contribution in [3.63, 3.8) is 0 Å². The molecule has 1 aliphatic heterocycles. The Morgan fingerprint density at radius 3 is 2.56 bits per heavy atom. The molecular weight excluding hydrogens is 346 g/mol. The molecular formula is C21H33NO5. The second kappa shape index (κ2) is 12.5. The third-order valence-electron chi connectivity index (χ3n) is 4.36. The maximum atomic E-state index is 12.1. The smallest absolute Gasteiger partial charge is 0.325 e. The Balaban J connectivity index is 2.85. The van der Waals surface area contributed by atoms with Gasteiger partial charge in [0.25, 0.3) is 0 Å². The molecule has 0 bridgehead atoms. The van der Waals surface area contributed by atoms with E-state index in [9.17, 15) is 9.59 Å². The highest BCUT2D eigenvalue weighted by molar-refractivity contribution is 5.80.